The summed E-state index contributed by atoms with van der Waals surface area (Å²) in [5.74, 6) is -1.42. The number of aliphatic hydroxyl groups is 3. The molecule has 1 saturated heterocycles. The van der Waals surface area contributed by atoms with Crippen molar-refractivity contribution in [3.63, 3.8) is 0 Å². The molecule has 7 N–H and O–H groups in total. The minimum absolute atomic E-state index is 0.0302. The molecule has 0 bridgehead atoms. The SMILES string of the molecule is CC/C=C\C/C=C\C/C=C\C/C=C\CCCCCCC(=O)OC[C@H](COP(=O)(O)OP(=O)(O)OC[C@H]1O[C@@H](n2ccc(N)nc2=O)[C@H](O)[C@@H]1O)OC(=O)CCCCCCCC(O)/C=C/C=C/C/C=C/CC. The second-order valence-electron chi connectivity index (χ2n) is 16.7. The van der Waals surface area contributed by atoms with E-state index in [0.717, 1.165) is 94.2 Å². The van der Waals surface area contributed by atoms with Gasteiger partial charge >= 0.3 is 33.3 Å². The van der Waals surface area contributed by atoms with E-state index in [0.29, 0.717) is 25.7 Å². The zero-order chi connectivity index (χ0) is 52.2. The van der Waals surface area contributed by atoms with Gasteiger partial charge in [0.15, 0.2) is 12.3 Å². The van der Waals surface area contributed by atoms with Gasteiger partial charge in [0.1, 0.15) is 30.7 Å². The van der Waals surface area contributed by atoms with Crippen LogP contribution in [-0.4, -0.2) is 96.9 Å². The standard InChI is InChI=1S/C50H79N3O16P2/c1-3-5-7-9-11-12-13-14-15-16-17-18-19-20-22-26-30-34-45(55)64-38-42(67-46(56)35-31-27-23-25-29-33-41(54)32-28-24-21-10-8-6-4-2)39-65-70(60,61)69-71(62,63)66-40-43-47(57)48(58)49(68-43)53-37-36-44(51)52-50(53)59/h5-8,11-12,14-15,17-18,21,24,28,32,36-37,41-43,47-49,54,57-58H,3-4,9-10,13,16,19-20,22-23,25-27,29-31,33-35,38-40H2,1-2H3,(H,60,61)(H,62,63)(H2,51,52,59)/b7-5-,8-6+,12-11-,15-14-,18-17-,24-21+,32-28+/t41?,42-,43-,47-,48-,49-/m1/s1. The molecule has 19 nitrogen and oxygen atoms in total. The number of nitrogens with two attached hydrogens (primary N) is 1. The molecule has 2 rings (SSSR count). The first kappa shape index (κ1) is 63.0. The van der Waals surface area contributed by atoms with Crippen molar-refractivity contribution in [3.05, 3.63) is 108 Å². The van der Waals surface area contributed by atoms with Crippen LogP contribution in [0.1, 0.15) is 142 Å². The molecular weight excluding hydrogens is 961 g/mol. The highest BCUT2D eigenvalue weighted by Gasteiger charge is 2.46. The normalized spacial score (nSPS) is 20.3. The fourth-order valence-corrected chi connectivity index (χ4v) is 8.89. The molecule has 0 radical (unpaired) electrons. The number of hydrogen-bond acceptors (Lipinski definition) is 16. The third-order valence-electron chi connectivity index (χ3n) is 10.6. The molecule has 8 atom stereocenters. The number of unbranched alkanes of at least 4 members (excludes halogenated alkanes) is 8. The Bertz CT molecular complexity index is 2040. The van der Waals surface area contributed by atoms with Gasteiger partial charge in [0.05, 0.1) is 19.3 Å². The fraction of sp³-hybridized carbons (Fsp3) is 0.600. The van der Waals surface area contributed by atoms with Crippen molar-refractivity contribution in [2.45, 2.75) is 173 Å². The van der Waals surface area contributed by atoms with Crippen molar-refractivity contribution in [2.75, 3.05) is 25.6 Å². The summed E-state index contributed by atoms with van der Waals surface area (Å²) in [5, 5.41) is 31.1. The van der Waals surface area contributed by atoms with E-state index in [1.807, 2.05) is 18.2 Å². The summed E-state index contributed by atoms with van der Waals surface area (Å²) >= 11 is 0. The monoisotopic (exact) mass is 1040 g/mol. The fourth-order valence-electron chi connectivity index (χ4n) is 6.78. The number of rotatable bonds is 39. The largest absolute Gasteiger partial charge is 0.481 e. The summed E-state index contributed by atoms with van der Waals surface area (Å²) in [5.41, 5.74) is 4.57. The van der Waals surface area contributed by atoms with E-state index < -0.39 is 89.8 Å². The van der Waals surface area contributed by atoms with Crippen LogP contribution in [0.2, 0.25) is 0 Å². The zero-order valence-electron chi connectivity index (χ0n) is 41.4. The van der Waals surface area contributed by atoms with E-state index in [9.17, 15) is 48.6 Å². The Balaban J connectivity index is 1.84. The number of nitrogen functional groups attached to an aromatic ring is 1. The summed E-state index contributed by atoms with van der Waals surface area (Å²) in [7, 11) is -10.9. The van der Waals surface area contributed by atoms with Crippen molar-refractivity contribution >= 4 is 33.4 Å². The molecule has 1 fully saturated rings. The topological polar surface area (TPSA) is 286 Å². The van der Waals surface area contributed by atoms with Gasteiger partial charge < -0.3 is 45.1 Å². The zero-order valence-corrected chi connectivity index (χ0v) is 43.1. The van der Waals surface area contributed by atoms with Crippen LogP contribution in [0.5, 0.6) is 0 Å². The number of carbonyl (C=O) groups is 2. The van der Waals surface area contributed by atoms with E-state index in [-0.39, 0.29) is 18.7 Å². The number of aliphatic hydroxyl groups excluding tert-OH is 3. The molecule has 0 saturated carbocycles. The van der Waals surface area contributed by atoms with Gasteiger partial charge in [-0.05, 0) is 76.7 Å². The van der Waals surface area contributed by atoms with E-state index in [1.165, 1.54) is 6.07 Å². The lowest BCUT2D eigenvalue weighted by Crippen LogP contribution is -2.36. The predicted octanol–water partition coefficient (Wildman–Crippen LogP) is 8.86. The summed E-state index contributed by atoms with van der Waals surface area (Å²) in [4.78, 5) is 61.9. The molecule has 3 unspecified atom stereocenters. The van der Waals surface area contributed by atoms with Crippen LogP contribution >= 0.6 is 15.6 Å². The second-order valence-corrected chi connectivity index (χ2v) is 19.8. The van der Waals surface area contributed by atoms with Gasteiger partial charge in [0.25, 0.3) is 0 Å². The van der Waals surface area contributed by atoms with Gasteiger partial charge in [-0.3, -0.25) is 23.2 Å². The lowest BCUT2D eigenvalue weighted by atomic mass is 10.1. The average molecular weight is 1040 g/mol. The predicted molar refractivity (Wildman–Crippen MR) is 271 cm³/mol. The number of carbonyl (C=O) groups excluding carboxylic acids is 2. The third-order valence-corrected chi connectivity index (χ3v) is 13.2. The van der Waals surface area contributed by atoms with E-state index in [2.05, 4.69) is 83.9 Å². The van der Waals surface area contributed by atoms with Crippen molar-refractivity contribution in [3.8, 4) is 0 Å². The van der Waals surface area contributed by atoms with Gasteiger partial charge in [-0.15, -0.1) is 0 Å². The minimum atomic E-state index is -5.45. The Kier molecular flexibility index (Phi) is 33.4. The van der Waals surface area contributed by atoms with Crippen LogP contribution in [-0.2, 0) is 46.3 Å². The Morgan fingerprint density at radius 2 is 1.31 bits per heavy atom. The second kappa shape index (κ2) is 37.6. The molecule has 2 heterocycles. The maximum Gasteiger partial charge on any atom is 0.481 e. The number of allylic oxidation sites excluding steroid dienone is 13. The molecule has 71 heavy (non-hydrogen) atoms. The van der Waals surface area contributed by atoms with Crippen LogP contribution in [0.3, 0.4) is 0 Å². The van der Waals surface area contributed by atoms with Crippen molar-refractivity contribution in [1.29, 1.82) is 0 Å². The van der Waals surface area contributed by atoms with Crippen molar-refractivity contribution in [1.82, 2.24) is 9.55 Å². The molecule has 21 heteroatoms. The highest BCUT2D eigenvalue weighted by atomic mass is 31.3. The average Bonchev–Trinajstić information content (AvgIpc) is 3.60. The van der Waals surface area contributed by atoms with Crippen molar-refractivity contribution in [2.24, 2.45) is 0 Å². The first-order valence-corrected chi connectivity index (χ1v) is 27.7. The Morgan fingerprint density at radius 1 is 0.746 bits per heavy atom. The van der Waals surface area contributed by atoms with Gasteiger partial charge in [0.2, 0.25) is 0 Å². The maximum atomic E-state index is 12.9. The Labute approximate surface area is 419 Å². The van der Waals surface area contributed by atoms with Crippen LogP contribution in [0.25, 0.3) is 0 Å². The molecule has 1 aliphatic rings. The first-order valence-electron chi connectivity index (χ1n) is 24.7. The Morgan fingerprint density at radius 3 is 1.96 bits per heavy atom. The Hall–Kier alpha value is -4.10. The van der Waals surface area contributed by atoms with Gasteiger partial charge in [-0.25, -0.2) is 13.9 Å². The number of ether oxygens (including phenoxy) is 3. The molecule has 0 spiro atoms. The maximum absolute atomic E-state index is 12.9. The van der Waals surface area contributed by atoms with Gasteiger partial charge in [0, 0.05) is 19.0 Å². The smallest absolute Gasteiger partial charge is 0.462 e. The molecule has 400 valence electrons. The van der Waals surface area contributed by atoms with E-state index >= 15 is 0 Å². The lowest BCUT2D eigenvalue weighted by molar-refractivity contribution is -0.161. The number of aromatic nitrogens is 2. The van der Waals surface area contributed by atoms with Gasteiger partial charge in [-0.2, -0.15) is 9.29 Å². The quantitative estimate of drug-likeness (QED) is 0.0118. The van der Waals surface area contributed by atoms with Crippen molar-refractivity contribution < 1.29 is 71.4 Å². The summed E-state index contributed by atoms with van der Waals surface area (Å²) in [6, 6.07) is 1.24. The molecule has 0 aromatic carbocycles. The minimum Gasteiger partial charge on any atom is -0.462 e. The molecule has 0 amide bonds. The highest BCUT2D eigenvalue weighted by molar-refractivity contribution is 7.61. The number of hydrogen-bond donors (Lipinski definition) is 6. The molecular formula is C50H79N3O16P2. The summed E-state index contributed by atoms with van der Waals surface area (Å²) in [6.45, 7) is 1.77. The molecule has 0 aliphatic carbocycles. The molecule has 1 aliphatic heterocycles. The molecule has 1 aromatic heterocycles. The molecule has 1 aromatic rings. The van der Waals surface area contributed by atoms with E-state index in [4.69, 9.17) is 29.0 Å². The summed E-state index contributed by atoms with van der Waals surface area (Å²) < 4.78 is 56.6. The van der Waals surface area contributed by atoms with Crippen LogP contribution in [0, 0.1) is 0 Å². The number of anilines is 1. The summed E-state index contributed by atoms with van der Waals surface area (Å²) in [6.07, 6.45) is 35.4. The van der Waals surface area contributed by atoms with Crippen LogP contribution in [0.4, 0.5) is 5.82 Å². The van der Waals surface area contributed by atoms with E-state index in [1.54, 1.807) is 6.08 Å². The first-order chi connectivity index (χ1) is 34.1. The number of phosphoric acid groups is 2. The lowest BCUT2D eigenvalue weighted by Gasteiger charge is -2.21. The number of nitrogens with zero attached hydrogens (tertiary/aromatic N) is 2. The van der Waals surface area contributed by atoms with Gasteiger partial charge in [-0.1, -0.05) is 137 Å². The number of esters is 2. The third kappa shape index (κ3) is 30.5. The highest BCUT2D eigenvalue weighted by Crippen LogP contribution is 2.60. The van der Waals surface area contributed by atoms with Crippen LogP contribution in [0.15, 0.2) is 102 Å². The number of phosphoric ester groups is 2. The van der Waals surface area contributed by atoms with Crippen LogP contribution < -0.4 is 11.4 Å².